The monoisotopic (exact) mass is 475 g/mol. The van der Waals surface area contributed by atoms with Crippen molar-refractivity contribution in [3.8, 4) is 22.9 Å². The van der Waals surface area contributed by atoms with Gasteiger partial charge in [-0.1, -0.05) is 44.2 Å². The highest BCUT2D eigenvalue weighted by molar-refractivity contribution is 5.81. The highest BCUT2D eigenvalue weighted by atomic mass is 16.5. The quantitative estimate of drug-likeness (QED) is 0.508. The van der Waals surface area contributed by atoms with Crippen LogP contribution in [-0.4, -0.2) is 43.7 Å². The summed E-state index contributed by atoms with van der Waals surface area (Å²) in [4.78, 5) is 24.7. The fraction of sp³-hybridized carbons (Fsp3) is 0.464. The number of carbonyl (C=O) groups excluding carboxylic acids is 2. The molecular weight excluding hydrogens is 442 g/mol. The van der Waals surface area contributed by atoms with Gasteiger partial charge < -0.3 is 20.1 Å². The van der Waals surface area contributed by atoms with E-state index in [2.05, 4.69) is 29.7 Å². The number of amides is 1. The number of fused-ring (bicyclic) bond motifs is 1. The van der Waals surface area contributed by atoms with Crippen LogP contribution in [0.1, 0.15) is 37.8 Å². The number of benzene rings is 2. The second kappa shape index (κ2) is 11.5. The lowest BCUT2D eigenvalue weighted by atomic mass is 9.97. The number of aryl methyl sites for hydroxylation is 1. The Labute approximate surface area is 206 Å². The predicted octanol–water partition coefficient (Wildman–Crippen LogP) is 3.41. The standard InChI is InChI=1S/C28H33N3O4/c1-18-11-12-34-26(17-30-16-18)27(32)31-24(15-29)13-20-4-7-21(8-5-20)22-9-10-25-23(14-22)6-3-19(2)28(33)35-25/h4-5,7-10,14,18-19,24,26,30H,3,6,11-13,16-17H2,1-2H3,(H,31,32)/t18?,19?,24-,26-/m0/s1. The number of nitriles is 1. The summed E-state index contributed by atoms with van der Waals surface area (Å²) in [6.45, 7) is 5.89. The molecule has 0 saturated carbocycles. The summed E-state index contributed by atoms with van der Waals surface area (Å²) < 4.78 is 11.2. The highest BCUT2D eigenvalue weighted by Gasteiger charge is 2.24. The van der Waals surface area contributed by atoms with Gasteiger partial charge >= 0.3 is 5.97 Å². The Bertz CT molecular complexity index is 1080. The van der Waals surface area contributed by atoms with E-state index in [0.29, 0.717) is 31.2 Å². The molecule has 2 aromatic rings. The lowest BCUT2D eigenvalue weighted by molar-refractivity contribution is -0.138. The lowest BCUT2D eigenvalue weighted by Gasteiger charge is -2.24. The minimum Gasteiger partial charge on any atom is -0.426 e. The molecule has 0 aromatic heterocycles. The molecule has 35 heavy (non-hydrogen) atoms. The fourth-order valence-electron chi connectivity index (χ4n) is 4.42. The summed E-state index contributed by atoms with van der Waals surface area (Å²) in [6, 6.07) is 15.5. The summed E-state index contributed by atoms with van der Waals surface area (Å²) in [5.74, 6) is 0.630. The van der Waals surface area contributed by atoms with Crippen LogP contribution >= 0.6 is 0 Å². The Hall–Kier alpha value is -3.21. The molecule has 184 valence electrons. The van der Waals surface area contributed by atoms with Gasteiger partial charge in [-0.3, -0.25) is 9.59 Å². The molecule has 7 nitrogen and oxygen atoms in total. The van der Waals surface area contributed by atoms with Gasteiger partial charge in [-0.05, 0) is 66.1 Å². The smallest absolute Gasteiger partial charge is 0.314 e. The molecule has 2 N–H and O–H groups in total. The van der Waals surface area contributed by atoms with E-state index in [1.54, 1.807) is 0 Å². The van der Waals surface area contributed by atoms with Gasteiger partial charge in [-0.15, -0.1) is 0 Å². The molecule has 2 aliphatic rings. The molecule has 4 atom stereocenters. The number of esters is 1. The van der Waals surface area contributed by atoms with Crippen LogP contribution in [0.2, 0.25) is 0 Å². The molecule has 0 aliphatic carbocycles. The van der Waals surface area contributed by atoms with E-state index < -0.39 is 12.1 Å². The number of hydrogen-bond donors (Lipinski definition) is 2. The number of nitrogens with one attached hydrogen (secondary N) is 2. The van der Waals surface area contributed by atoms with Crippen molar-refractivity contribution in [1.82, 2.24) is 10.6 Å². The Morgan fingerprint density at radius 1 is 1.14 bits per heavy atom. The molecule has 1 fully saturated rings. The summed E-state index contributed by atoms with van der Waals surface area (Å²) in [6.07, 6.45) is 2.31. The maximum absolute atomic E-state index is 12.7. The van der Waals surface area contributed by atoms with Gasteiger partial charge in [0, 0.05) is 19.6 Å². The first-order valence-corrected chi connectivity index (χ1v) is 12.4. The van der Waals surface area contributed by atoms with E-state index in [4.69, 9.17) is 9.47 Å². The summed E-state index contributed by atoms with van der Waals surface area (Å²) in [5, 5.41) is 15.7. The number of carbonyl (C=O) groups is 2. The third kappa shape index (κ3) is 6.47. The minimum atomic E-state index is -0.634. The van der Waals surface area contributed by atoms with Crippen LogP contribution in [0.5, 0.6) is 5.75 Å². The number of rotatable bonds is 5. The van der Waals surface area contributed by atoms with Gasteiger partial charge in [-0.25, -0.2) is 0 Å². The van der Waals surface area contributed by atoms with E-state index in [9.17, 15) is 14.9 Å². The molecule has 4 rings (SSSR count). The van der Waals surface area contributed by atoms with Crippen LogP contribution in [0.3, 0.4) is 0 Å². The van der Waals surface area contributed by atoms with Crippen molar-refractivity contribution in [1.29, 1.82) is 5.26 Å². The molecule has 1 amide bonds. The van der Waals surface area contributed by atoms with Gasteiger partial charge in [0.25, 0.3) is 5.91 Å². The molecule has 2 aromatic carbocycles. The molecule has 0 spiro atoms. The topological polar surface area (TPSA) is 100 Å². The molecule has 2 aliphatic heterocycles. The zero-order valence-corrected chi connectivity index (χ0v) is 20.4. The molecule has 1 saturated heterocycles. The van der Waals surface area contributed by atoms with Crippen molar-refractivity contribution in [3.05, 3.63) is 53.6 Å². The maximum Gasteiger partial charge on any atom is 0.314 e. The minimum absolute atomic E-state index is 0.0997. The largest absolute Gasteiger partial charge is 0.426 e. The zero-order chi connectivity index (χ0) is 24.8. The summed E-state index contributed by atoms with van der Waals surface area (Å²) in [7, 11) is 0. The Morgan fingerprint density at radius 2 is 1.91 bits per heavy atom. The Kier molecular flexibility index (Phi) is 8.17. The highest BCUT2D eigenvalue weighted by Crippen LogP contribution is 2.31. The second-order valence-corrected chi connectivity index (χ2v) is 9.69. The van der Waals surface area contributed by atoms with Crippen LogP contribution in [0, 0.1) is 23.2 Å². The van der Waals surface area contributed by atoms with E-state index in [0.717, 1.165) is 48.1 Å². The molecule has 2 heterocycles. The molecular formula is C28H33N3O4. The first kappa shape index (κ1) is 24.9. The van der Waals surface area contributed by atoms with Gasteiger partial charge in [-0.2, -0.15) is 5.26 Å². The van der Waals surface area contributed by atoms with Crippen molar-refractivity contribution in [2.45, 2.75) is 51.7 Å². The Balaban J connectivity index is 1.37. The maximum atomic E-state index is 12.7. The van der Waals surface area contributed by atoms with Crippen molar-refractivity contribution in [3.63, 3.8) is 0 Å². The van der Waals surface area contributed by atoms with Crippen LogP contribution in [0.15, 0.2) is 42.5 Å². The summed E-state index contributed by atoms with van der Waals surface area (Å²) in [5.41, 5.74) is 4.09. The third-order valence-corrected chi connectivity index (χ3v) is 6.76. The normalized spacial score (nSPS) is 23.5. The van der Waals surface area contributed by atoms with E-state index in [1.165, 1.54) is 0 Å². The van der Waals surface area contributed by atoms with Gasteiger partial charge in [0.05, 0.1) is 12.0 Å². The van der Waals surface area contributed by atoms with E-state index in [1.807, 2.05) is 43.3 Å². The predicted molar refractivity (Wildman–Crippen MR) is 133 cm³/mol. The van der Waals surface area contributed by atoms with Crippen LogP contribution in [0.25, 0.3) is 11.1 Å². The lowest BCUT2D eigenvalue weighted by Crippen LogP contribution is -2.48. The molecule has 0 bridgehead atoms. The second-order valence-electron chi connectivity index (χ2n) is 9.69. The van der Waals surface area contributed by atoms with Gasteiger partial charge in [0.2, 0.25) is 0 Å². The van der Waals surface area contributed by atoms with Crippen LogP contribution < -0.4 is 15.4 Å². The Morgan fingerprint density at radius 3 is 2.69 bits per heavy atom. The first-order chi connectivity index (χ1) is 16.9. The third-order valence-electron chi connectivity index (χ3n) is 6.76. The number of nitrogens with zero attached hydrogens (tertiary/aromatic N) is 1. The van der Waals surface area contributed by atoms with Crippen molar-refractivity contribution >= 4 is 11.9 Å². The molecule has 0 radical (unpaired) electrons. The average molecular weight is 476 g/mol. The summed E-state index contributed by atoms with van der Waals surface area (Å²) >= 11 is 0. The van der Waals surface area contributed by atoms with Gasteiger partial charge in [0.1, 0.15) is 17.9 Å². The molecule has 2 unspecified atom stereocenters. The fourth-order valence-corrected chi connectivity index (χ4v) is 4.42. The van der Waals surface area contributed by atoms with Crippen molar-refractivity contribution in [2.75, 3.05) is 19.7 Å². The zero-order valence-electron chi connectivity index (χ0n) is 20.4. The number of hydrogen-bond acceptors (Lipinski definition) is 6. The number of ether oxygens (including phenoxy) is 2. The van der Waals surface area contributed by atoms with Crippen LogP contribution in [-0.2, 0) is 27.2 Å². The van der Waals surface area contributed by atoms with Crippen molar-refractivity contribution < 1.29 is 19.1 Å². The molecule has 7 heteroatoms. The van der Waals surface area contributed by atoms with Crippen LogP contribution in [0.4, 0.5) is 0 Å². The first-order valence-electron chi connectivity index (χ1n) is 12.4. The van der Waals surface area contributed by atoms with E-state index in [-0.39, 0.29) is 17.8 Å². The average Bonchev–Trinajstić information content (AvgIpc) is 2.98. The SMILES string of the molecule is CC1CCO[C@H](C(=O)N[C@H](C#N)Cc2ccc(-c3ccc4c(c3)CCC(C)C(=O)O4)cc2)CNC1. The van der Waals surface area contributed by atoms with Gasteiger partial charge in [0.15, 0.2) is 0 Å². The van der Waals surface area contributed by atoms with Crippen molar-refractivity contribution in [2.24, 2.45) is 11.8 Å². The van der Waals surface area contributed by atoms with E-state index >= 15 is 0 Å².